The molecule has 1 atom stereocenters. The number of ether oxygens (including phenoxy) is 1. The fourth-order valence-corrected chi connectivity index (χ4v) is 2.98. The standard InChI is InChI=1S/C18H25N3O3/c1-20(2)10-14-9-15(5-7-19-14)23-17-6-8-21(12-17)11-16-3-4-18(13-22)24-16/h3-5,7,9,17,22H,6,8,10-13H2,1-2H3. The van der Waals surface area contributed by atoms with Gasteiger partial charge in [-0.1, -0.05) is 0 Å². The van der Waals surface area contributed by atoms with Crippen LogP contribution in [0.1, 0.15) is 23.6 Å². The van der Waals surface area contributed by atoms with Crippen LogP contribution in [0.5, 0.6) is 5.75 Å². The highest BCUT2D eigenvalue weighted by Gasteiger charge is 2.24. The molecule has 130 valence electrons. The second-order valence-corrected chi connectivity index (χ2v) is 6.51. The monoisotopic (exact) mass is 331 g/mol. The van der Waals surface area contributed by atoms with Crippen molar-refractivity contribution in [3.63, 3.8) is 0 Å². The minimum atomic E-state index is -0.0525. The van der Waals surface area contributed by atoms with Crippen LogP contribution >= 0.6 is 0 Å². The molecule has 0 aromatic carbocycles. The first kappa shape index (κ1) is 17.0. The lowest BCUT2D eigenvalue weighted by atomic mass is 10.3. The van der Waals surface area contributed by atoms with Crippen LogP contribution in [0.4, 0.5) is 0 Å². The van der Waals surface area contributed by atoms with Crippen molar-refractivity contribution in [2.45, 2.75) is 32.2 Å². The molecule has 0 radical (unpaired) electrons. The van der Waals surface area contributed by atoms with Gasteiger partial charge >= 0.3 is 0 Å². The van der Waals surface area contributed by atoms with E-state index in [2.05, 4.69) is 14.8 Å². The van der Waals surface area contributed by atoms with Gasteiger partial charge in [0.15, 0.2) is 0 Å². The average Bonchev–Trinajstić information content (AvgIpc) is 3.17. The first-order chi connectivity index (χ1) is 11.6. The Kier molecular flexibility index (Phi) is 5.50. The second kappa shape index (κ2) is 7.79. The molecule has 0 spiro atoms. The first-order valence-corrected chi connectivity index (χ1v) is 8.29. The van der Waals surface area contributed by atoms with Crippen molar-refractivity contribution in [1.29, 1.82) is 0 Å². The molecule has 6 nitrogen and oxygen atoms in total. The van der Waals surface area contributed by atoms with Crippen LogP contribution in [-0.4, -0.2) is 53.2 Å². The van der Waals surface area contributed by atoms with Crippen molar-refractivity contribution in [2.75, 3.05) is 27.2 Å². The molecule has 2 aromatic heterocycles. The highest BCUT2D eigenvalue weighted by Crippen LogP contribution is 2.21. The Labute approximate surface area is 142 Å². The zero-order valence-corrected chi connectivity index (χ0v) is 14.3. The Morgan fingerprint density at radius 1 is 1.33 bits per heavy atom. The fourth-order valence-electron chi connectivity index (χ4n) is 2.98. The number of aliphatic hydroxyl groups is 1. The van der Waals surface area contributed by atoms with Gasteiger partial charge in [-0.25, -0.2) is 0 Å². The first-order valence-electron chi connectivity index (χ1n) is 8.29. The Morgan fingerprint density at radius 2 is 2.17 bits per heavy atom. The van der Waals surface area contributed by atoms with Crippen LogP contribution in [0.2, 0.25) is 0 Å². The Morgan fingerprint density at radius 3 is 2.92 bits per heavy atom. The van der Waals surface area contributed by atoms with Gasteiger partial charge < -0.3 is 19.2 Å². The molecule has 6 heteroatoms. The SMILES string of the molecule is CN(C)Cc1cc(OC2CCN(Cc3ccc(CO)o3)C2)ccn1. The van der Waals surface area contributed by atoms with Gasteiger partial charge in [0.2, 0.25) is 0 Å². The van der Waals surface area contributed by atoms with E-state index in [1.54, 1.807) is 6.20 Å². The Balaban J connectivity index is 1.52. The van der Waals surface area contributed by atoms with Gasteiger partial charge in [0, 0.05) is 31.9 Å². The summed E-state index contributed by atoms with van der Waals surface area (Å²) in [7, 11) is 4.06. The van der Waals surface area contributed by atoms with E-state index in [-0.39, 0.29) is 12.7 Å². The third kappa shape index (κ3) is 4.56. The van der Waals surface area contributed by atoms with Gasteiger partial charge in [-0.15, -0.1) is 0 Å². The van der Waals surface area contributed by atoms with E-state index in [0.29, 0.717) is 5.76 Å². The third-order valence-corrected chi connectivity index (χ3v) is 4.05. The van der Waals surface area contributed by atoms with Crippen molar-refractivity contribution in [3.8, 4) is 5.75 Å². The van der Waals surface area contributed by atoms with Gasteiger partial charge in [0.05, 0.1) is 12.2 Å². The predicted octanol–water partition coefficient (Wildman–Crippen LogP) is 1.88. The lowest BCUT2D eigenvalue weighted by Crippen LogP contribution is -2.24. The van der Waals surface area contributed by atoms with Gasteiger partial charge in [-0.05, 0) is 38.7 Å². The number of hydrogen-bond donors (Lipinski definition) is 1. The molecule has 2 aromatic rings. The summed E-state index contributed by atoms with van der Waals surface area (Å²) in [6.07, 6.45) is 2.99. The fraction of sp³-hybridized carbons (Fsp3) is 0.500. The molecular weight excluding hydrogens is 306 g/mol. The summed E-state index contributed by atoms with van der Waals surface area (Å²) in [4.78, 5) is 8.77. The molecule has 3 rings (SSSR count). The van der Waals surface area contributed by atoms with Crippen LogP contribution < -0.4 is 4.74 Å². The van der Waals surface area contributed by atoms with Gasteiger partial charge in [-0.2, -0.15) is 0 Å². The number of furan rings is 1. The molecule has 1 N–H and O–H groups in total. The topological polar surface area (TPSA) is 62.0 Å². The number of nitrogens with zero attached hydrogens (tertiary/aromatic N) is 3. The molecule has 1 fully saturated rings. The van der Waals surface area contributed by atoms with E-state index in [4.69, 9.17) is 14.3 Å². The highest BCUT2D eigenvalue weighted by atomic mass is 16.5. The van der Waals surface area contributed by atoms with Crippen LogP contribution in [0.25, 0.3) is 0 Å². The second-order valence-electron chi connectivity index (χ2n) is 6.51. The van der Waals surface area contributed by atoms with Crippen LogP contribution in [0, 0.1) is 0 Å². The summed E-state index contributed by atoms with van der Waals surface area (Å²) < 4.78 is 11.7. The van der Waals surface area contributed by atoms with Gasteiger partial charge in [0.25, 0.3) is 0 Å². The molecule has 0 aliphatic carbocycles. The van der Waals surface area contributed by atoms with E-state index in [0.717, 1.165) is 49.8 Å². The van der Waals surface area contributed by atoms with Crippen molar-refractivity contribution in [3.05, 3.63) is 47.7 Å². The molecule has 0 bridgehead atoms. The number of rotatable bonds is 7. The van der Waals surface area contributed by atoms with Crippen molar-refractivity contribution in [2.24, 2.45) is 0 Å². The van der Waals surface area contributed by atoms with Crippen molar-refractivity contribution >= 4 is 0 Å². The van der Waals surface area contributed by atoms with E-state index in [1.807, 2.05) is 38.4 Å². The normalized spacial score (nSPS) is 18.4. The molecule has 1 aliphatic rings. The predicted molar refractivity (Wildman–Crippen MR) is 90.6 cm³/mol. The molecule has 0 saturated carbocycles. The number of likely N-dealkylation sites (tertiary alicyclic amines) is 1. The third-order valence-electron chi connectivity index (χ3n) is 4.05. The Hall–Kier alpha value is -1.89. The lowest BCUT2D eigenvalue weighted by molar-refractivity contribution is 0.191. The summed E-state index contributed by atoms with van der Waals surface area (Å²) in [5.74, 6) is 2.38. The minimum Gasteiger partial charge on any atom is -0.489 e. The van der Waals surface area contributed by atoms with Gasteiger partial charge in [0.1, 0.15) is 30.0 Å². The quantitative estimate of drug-likeness (QED) is 0.836. The molecule has 24 heavy (non-hydrogen) atoms. The smallest absolute Gasteiger partial charge is 0.129 e. The van der Waals surface area contributed by atoms with Crippen LogP contribution in [-0.2, 0) is 19.7 Å². The number of pyridine rings is 1. The largest absolute Gasteiger partial charge is 0.489 e. The maximum absolute atomic E-state index is 9.06. The van der Waals surface area contributed by atoms with Gasteiger partial charge in [-0.3, -0.25) is 9.88 Å². The van der Waals surface area contributed by atoms with E-state index in [9.17, 15) is 0 Å². The zero-order valence-electron chi connectivity index (χ0n) is 14.3. The average molecular weight is 331 g/mol. The van der Waals surface area contributed by atoms with Crippen LogP contribution in [0.15, 0.2) is 34.9 Å². The summed E-state index contributed by atoms with van der Waals surface area (Å²) in [5.41, 5.74) is 1.01. The number of aliphatic hydroxyl groups excluding tert-OH is 1. The molecule has 0 amide bonds. The summed E-state index contributed by atoms with van der Waals surface area (Å²) in [5, 5.41) is 9.06. The molecule has 3 heterocycles. The number of aromatic nitrogens is 1. The Bertz CT molecular complexity index is 656. The summed E-state index contributed by atoms with van der Waals surface area (Å²) >= 11 is 0. The zero-order chi connectivity index (χ0) is 16.9. The molecular formula is C18H25N3O3. The number of hydrogen-bond acceptors (Lipinski definition) is 6. The van der Waals surface area contributed by atoms with Crippen LogP contribution in [0.3, 0.4) is 0 Å². The maximum atomic E-state index is 9.06. The summed E-state index contributed by atoms with van der Waals surface area (Å²) in [6, 6.07) is 7.68. The van der Waals surface area contributed by atoms with E-state index in [1.165, 1.54) is 0 Å². The van der Waals surface area contributed by atoms with Crippen molar-refractivity contribution < 1.29 is 14.3 Å². The summed E-state index contributed by atoms with van der Waals surface area (Å²) in [6.45, 7) is 3.36. The molecule has 1 saturated heterocycles. The van der Waals surface area contributed by atoms with E-state index >= 15 is 0 Å². The highest BCUT2D eigenvalue weighted by molar-refractivity contribution is 5.23. The molecule has 1 aliphatic heterocycles. The van der Waals surface area contributed by atoms with Crippen molar-refractivity contribution in [1.82, 2.24) is 14.8 Å². The minimum absolute atomic E-state index is 0.0525. The lowest BCUT2D eigenvalue weighted by Gasteiger charge is -2.16. The van der Waals surface area contributed by atoms with E-state index < -0.39 is 0 Å². The maximum Gasteiger partial charge on any atom is 0.129 e. The molecule has 1 unspecified atom stereocenters.